The Morgan fingerprint density at radius 1 is 1.23 bits per heavy atom. The van der Waals surface area contributed by atoms with Gasteiger partial charge in [0.25, 0.3) is 11.8 Å². The minimum Gasteiger partial charge on any atom is -0.497 e. The zero-order chi connectivity index (χ0) is 20.5. The molecule has 0 aliphatic heterocycles. The topological polar surface area (TPSA) is 108 Å². The molecule has 30 heavy (non-hydrogen) atoms. The minimum atomic E-state index is -0.330. The highest BCUT2D eigenvalue weighted by molar-refractivity contribution is 6.02. The second kappa shape index (κ2) is 7.43. The zero-order valence-corrected chi connectivity index (χ0v) is 16.1. The fourth-order valence-corrected chi connectivity index (χ4v) is 3.01. The number of ether oxygens (including phenoxy) is 1. The van der Waals surface area contributed by atoms with E-state index in [0.717, 1.165) is 24.2 Å². The number of hydrogen-bond acceptors (Lipinski definition) is 7. The largest absolute Gasteiger partial charge is 0.497 e. The maximum absolute atomic E-state index is 12.5. The highest BCUT2D eigenvalue weighted by Crippen LogP contribution is 2.38. The van der Waals surface area contributed by atoms with Crippen LogP contribution >= 0.6 is 0 Å². The number of hydrogen-bond donors (Lipinski definition) is 1. The van der Waals surface area contributed by atoms with Gasteiger partial charge in [-0.05, 0) is 37.1 Å². The number of anilines is 1. The van der Waals surface area contributed by atoms with Crippen LogP contribution in [0.2, 0.25) is 0 Å². The van der Waals surface area contributed by atoms with Gasteiger partial charge in [-0.1, -0.05) is 11.2 Å². The second-order valence-corrected chi connectivity index (χ2v) is 6.99. The van der Waals surface area contributed by atoms with Gasteiger partial charge in [0.15, 0.2) is 5.82 Å². The summed E-state index contributed by atoms with van der Waals surface area (Å²) in [6.45, 7) is 0. The lowest BCUT2D eigenvalue weighted by atomic mass is 10.2. The lowest BCUT2D eigenvalue weighted by Gasteiger charge is -2.05. The number of rotatable bonds is 6. The fourth-order valence-electron chi connectivity index (χ4n) is 3.01. The lowest BCUT2D eigenvalue weighted by molar-refractivity contribution is 0.102. The Morgan fingerprint density at radius 2 is 2.13 bits per heavy atom. The Morgan fingerprint density at radius 3 is 2.97 bits per heavy atom. The van der Waals surface area contributed by atoms with Gasteiger partial charge in [-0.25, -0.2) is 9.97 Å². The van der Waals surface area contributed by atoms with Crippen molar-refractivity contribution in [1.29, 1.82) is 0 Å². The van der Waals surface area contributed by atoms with Crippen LogP contribution in [0.25, 0.3) is 17.3 Å². The van der Waals surface area contributed by atoms with Crippen LogP contribution in [0, 0.1) is 0 Å². The fraction of sp³-hybridized carbons (Fsp3) is 0.190. The van der Waals surface area contributed by atoms with E-state index < -0.39 is 0 Å². The summed E-state index contributed by atoms with van der Waals surface area (Å²) >= 11 is 0. The van der Waals surface area contributed by atoms with Gasteiger partial charge in [0.05, 0.1) is 7.11 Å². The molecule has 1 aliphatic rings. The Kier molecular flexibility index (Phi) is 4.47. The van der Waals surface area contributed by atoms with Crippen molar-refractivity contribution < 1.29 is 14.1 Å². The monoisotopic (exact) mass is 402 g/mol. The van der Waals surface area contributed by atoms with E-state index in [2.05, 4.69) is 25.4 Å². The number of imidazole rings is 1. The number of pyridine rings is 1. The molecule has 3 aromatic heterocycles. The van der Waals surface area contributed by atoms with Crippen LogP contribution in [0.1, 0.15) is 35.1 Å². The summed E-state index contributed by atoms with van der Waals surface area (Å²) in [5, 5.41) is 6.85. The molecule has 0 atom stereocenters. The average molecular weight is 402 g/mol. The normalized spacial score (nSPS) is 13.2. The molecule has 5 rings (SSSR count). The van der Waals surface area contributed by atoms with E-state index in [1.54, 1.807) is 54.4 Å². The van der Waals surface area contributed by atoms with Crippen molar-refractivity contribution in [3.63, 3.8) is 0 Å². The molecule has 1 N–H and O–H groups in total. The first-order valence-electron chi connectivity index (χ1n) is 9.49. The van der Waals surface area contributed by atoms with Gasteiger partial charge in [-0.2, -0.15) is 4.98 Å². The number of carbonyl (C=O) groups excluding carboxylic acids is 1. The maximum Gasteiger partial charge on any atom is 0.275 e. The Bertz CT molecular complexity index is 1210. The van der Waals surface area contributed by atoms with E-state index in [4.69, 9.17) is 9.26 Å². The molecule has 1 saturated carbocycles. The van der Waals surface area contributed by atoms with Crippen molar-refractivity contribution in [1.82, 2.24) is 24.7 Å². The molecule has 1 amide bonds. The summed E-state index contributed by atoms with van der Waals surface area (Å²) in [6, 6.07) is 10.7. The van der Waals surface area contributed by atoms with Crippen LogP contribution in [0.5, 0.6) is 5.75 Å². The molecule has 4 aromatic rings. The van der Waals surface area contributed by atoms with Crippen molar-refractivity contribution in [3.8, 4) is 23.0 Å². The van der Waals surface area contributed by atoms with Gasteiger partial charge in [0.2, 0.25) is 0 Å². The number of aromatic nitrogens is 5. The predicted molar refractivity (Wildman–Crippen MR) is 108 cm³/mol. The van der Waals surface area contributed by atoms with Crippen LogP contribution < -0.4 is 10.1 Å². The van der Waals surface area contributed by atoms with Crippen LogP contribution in [0.15, 0.2) is 59.6 Å². The van der Waals surface area contributed by atoms with Crippen LogP contribution in [0.3, 0.4) is 0 Å². The van der Waals surface area contributed by atoms with E-state index in [-0.39, 0.29) is 11.6 Å². The number of benzene rings is 1. The molecular weight excluding hydrogens is 384 g/mol. The summed E-state index contributed by atoms with van der Waals surface area (Å²) in [6.07, 6.45) is 7.02. The Hall–Kier alpha value is -4.01. The summed E-state index contributed by atoms with van der Waals surface area (Å²) in [4.78, 5) is 25.6. The standard InChI is InChI=1S/C21H18N6O3/c1-29-16-4-2-3-15(10-16)24-20(28)17-11-27(12-23-17)18-9-14(7-8-22-18)21-25-19(26-30-21)13-5-6-13/h2-4,7-13H,5-6H2,1H3,(H,24,28). The second-order valence-electron chi connectivity index (χ2n) is 6.99. The molecule has 9 heteroatoms. The highest BCUT2D eigenvalue weighted by atomic mass is 16.5. The SMILES string of the molecule is COc1cccc(NC(=O)c2cn(-c3cc(-c4nc(C5CC5)no4)ccn3)cn2)c1. The predicted octanol–water partition coefficient (Wildman–Crippen LogP) is 3.46. The molecule has 0 spiro atoms. The number of carbonyl (C=O) groups is 1. The van der Waals surface area contributed by atoms with Crippen LogP contribution in [0.4, 0.5) is 5.69 Å². The van der Waals surface area contributed by atoms with Gasteiger partial charge in [0, 0.05) is 35.6 Å². The van der Waals surface area contributed by atoms with Crippen LogP contribution in [-0.2, 0) is 0 Å². The molecule has 0 radical (unpaired) electrons. The molecule has 1 aromatic carbocycles. The van der Waals surface area contributed by atoms with Crippen molar-refractivity contribution in [2.45, 2.75) is 18.8 Å². The quantitative estimate of drug-likeness (QED) is 0.526. The number of methoxy groups -OCH3 is 1. The zero-order valence-electron chi connectivity index (χ0n) is 16.1. The molecule has 0 unspecified atom stereocenters. The molecular formula is C21H18N6O3. The summed E-state index contributed by atoms with van der Waals surface area (Å²) in [5.74, 6) is 2.54. The van der Waals surface area contributed by atoms with E-state index in [0.29, 0.717) is 29.1 Å². The number of amides is 1. The summed E-state index contributed by atoms with van der Waals surface area (Å²) in [5.41, 5.74) is 1.64. The van der Waals surface area contributed by atoms with Gasteiger partial charge in [-0.3, -0.25) is 9.36 Å². The summed E-state index contributed by atoms with van der Waals surface area (Å²) in [7, 11) is 1.57. The van der Waals surface area contributed by atoms with Gasteiger partial charge in [-0.15, -0.1) is 0 Å². The van der Waals surface area contributed by atoms with E-state index >= 15 is 0 Å². The number of nitrogens with zero attached hydrogens (tertiary/aromatic N) is 5. The van der Waals surface area contributed by atoms with Crippen molar-refractivity contribution >= 4 is 11.6 Å². The highest BCUT2D eigenvalue weighted by Gasteiger charge is 2.29. The molecule has 150 valence electrons. The maximum atomic E-state index is 12.5. The van der Waals surface area contributed by atoms with Gasteiger partial charge < -0.3 is 14.6 Å². The van der Waals surface area contributed by atoms with Gasteiger partial charge >= 0.3 is 0 Å². The lowest BCUT2D eigenvalue weighted by Crippen LogP contribution is -2.12. The Balaban J connectivity index is 1.35. The third kappa shape index (κ3) is 3.64. The molecule has 0 saturated heterocycles. The molecule has 9 nitrogen and oxygen atoms in total. The van der Waals surface area contributed by atoms with Crippen molar-refractivity contribution in [2.75, 3.05) is 12.4 Å². The average Bonchev–Trinajstić information content (AvgIpc) is 3.30. The smallest absolute Gasteiger partial charge is 0.275 e. The van der Waals surface area contributed by atoms with Crippen LogP contribution in [-0.4, -0.2) is 37.7 Å². The van der Waals surface area contributed by atoms with Crippen molar-refractivity contribution in [3.05, 3.63) is 66.6 Å². The first kappa shape index (κ1) is 18.0. The first-order chi connectivity index (χ1) is 14.7. The number of nitrogens with one attached hydrogen (secondary N) is 1. The van der Waals surface area contributed by atoms with E-state index in [9.17, 15) is 4.79 Å². The molecule has 1 fully saturated rings. The molecule has 0 bridgehead atoms. The first-order valence-corrected chi connectivity index (χ1v) is 9.49. The summed E-state index contributed by atoms with van der Waals surface area (Å²) < 4.78 is 12.2. The molecule has 1 aliphatic carbocycles. The third-order valence-corrected chi connectivity index (χ3v) is 4.78. The Labute approximate surface area is 171 Å². The van der Waals surface area contributed by atoms with Gasteiger partial charge in [0.1, 0.15) is 23.6 Å². The van der Waals surface area contributed by atoms with E-state index in [1.165, 1.54) is 6.33 Å². The molecule has 3 heterocycles. The van der Waals surface area contributed by atoms with E-state index in [1.807, 2.05) is 6.07 Å². The minimum absolute atomic E-state index is 0.263. The van der Waals surface area contributed by atoms with Crippen molar-refractivity contribution in [2.24, 2.45) is 0 Å². The third-order valence-electron chi connectivity index (χ3n) is 4.78.